The third-order valence-electron chi connectivity index (χ3n) is 5.75. The van der Waals surface area contributed by atoms with E-state index in [1.165, 1.54) is 6.20 Å². The van der Waals surface area contributed by atoms with E-state index >= 15 is 0 Å². The summed E-state index contributed by atoms with van der Waals surface area (Å²) >= 11 is 0. The molecule has 0 bridgehead atoms. The fraction of sp³-hybridized carbons (Fsp3) is 0.364. The predicted molar refractivity (Wildman–Crippen MR) is 113 cm³/mol. The summed E-state index contributed by atoms with van der Waals surface area (Å²) in [5.41, 5.74) is 4.30. The minimum absolute atomic E-state index is 0.107. The van der Waals surface area contributed by atoms with Crippen LogP contribution in [-0.2, 0) is 11.2 Å². The molecule has 0 N–H and O–H groups in total. The number of aryl methyl sites for hydroxylation is 2. The third kappa shape index (κ3) is 3.90. The highest BCUT2D eigenvalue weighted by Gasteiger charge is 2.23. The van der Waals surface area contributed by atoms with Gasteiger partial charge in [-0.3, -0.25) is 4.79 Å². The summed E-state index contributed by atoms with van der Waals surface area (Å²) in [6, 6.07) is 7.70. The Kier molecular flexibility index (Phi) is 5.50. The van der Waals surface area contributed by atoms with Crippen molar-refractivity contribution in [3.63, 3.8) is 0 Å². The minimum Gasteiger partial charge on any atom is -0.353 e. The van der Waals surface area contributed by atoms with Crippen molar-refractivity contribution in [1.82, 2.24) is 24.5 Å². The molecular formula is C22H22N8O. The largest absolute Gasteiger partial charge is 0.353 e. The average molecular weight is 414 g/mol. The molecule has 0 aromatic carbocycles. The molecule has 1 amide bonds. The van der Waals surface area contributed by atoms with Gasteiger partial charge in [0.05, 0.1) is 17.8 Å². The van der Waals surface area contributed by atoms with Crippen molar-refractivity contribution in [2.24, 2.45) is 0 Å². The second kappa shape index (κ2) is 8.41. The van der Waals surface area contributed by atoms with E-state index in [0.29, 0.717) is 55.8 Å². The number of carbonyl (C=O) groups is 1. The zero-order valence-electron chi connectivity index (χ0n) is 17.5. The Balaban J connectivity index is 1.39. The average Bonchev–Trinajstić information content (AvgIpc) is 3.21. The van der Waals surface area contributed by atoms with Crippen molar-refractivity contribution >= 4 is 17.4 Å². The van der Waals surface area contributed by atoms with E-state index in [4.69, 9.17) is 5.26 Å². The number of hydrogen-bond acceptors (Lipinski definition) is 7. The Hall–Kier alpha value is -3.98. The SMILES string of the molecule is Cc1nc2c(C#N)cnn2c(C)c1CCC(=O)N1CCN(c2cc(C#N)ccn2)CC1. The number of rotatable bonds is 4. The smallest absolute Gasteiger partial charge is 0.223 e. The highest BCUT2D eigenvalue weighted by molar-refractivity contribution is 5.77. The molecule has 9 nitrogen and oxygen atoms in total. The summed E-state index contributed by atoms with van der Waals surface area (Å²) in [5, 5.41) is 22.5. The maximum atomic E-state index is 12.8. The van der Waals surface area contributed by atoms with Gasteiger partial charge in [-0.05, 0) is 38.0 Å². The predicted octanol–water partition coefficient (Wildman–Crippen LogP) is 1.77. The maximum Gasteiger partial charge on any atom is 0.223 e. The number of pyridine rings is 1. The summed E-state index contributed by atoms with van der Waals surface area (Å²) in [6.07, 6.45) is 4.13. The van der Waals surface area contributed by atoms with Crippen LogP contribution in [0.25, 0.3) is 5.65 Å². The van der Waals surface area contributed by atoms with E-state index in [1.54, 1.807) is 22.8 Å². The van der Waals surface area contributed by atoms with Crippen LogP contribution in [0.2, 0.25) is 0 Å². The second-order valence-electron chi connectivity index (χ2n) is 7.55. The fourth-order valence-electron chi connectivity index (χ4n) is 3.99. The minimum atomic E-state index is 0.107. The Labute approximate surface area is 180 Å². The summed E-state index contributed by atoms with van der Waals surface area (Å²) in [6.45, 7) is 6.46. The monoisotopic (exact) mass is 414 g/mol. The number of amides is 1. The number of nitriles is 2. The molecule has 4 rings (SSSR count). The molecule has 3 aromatic heterocycles. The maximum absolute atomic E-state index is 12.8. The molecule has 0 atom stereocenters. The van der Waals surface area contributed by atoms with Crippen molar-refractivity contribution in [3.05, 3.63) is 52.6 Å². The number of aromatic nitrogens is 4. The van der Waals surface area contributed by atoms with Gasteiger partial charge in [0.15, 0.2) is 5.65 Å². The van der Waals surface area contributed by atoms with E-state index in [1.807, 2.05) is 18.7 Å². The Bertz CT molecular complexity index is 1220. The van der Waals surface area contributed by atoms with Crippen LogP contribution < -0.4 is 4.90 Å². The Morgan fingerprint density at radius 2 is 1.94 bits per heavy atom. The van der Waals surface area contributed by atoms with Crippen molar-refractivity contribution in [2.45, 2.75) is 26.7 Å². The summed E-state index contributed by atoms with van der Waals surface area (Å²) in [7, 11) is 0. The molecule has 0 saturated carbocycles. The highest BCUT2D eigenvalue weighted by atomic mass is 16.2. The molecule has 0 spiro atoms. The van der Waals surface area contributed by atoms with Crippen molar-refractivity contribution in [2.75, 3.05) is 31.1 Å². The van der Waals surface area contributed by atoms with Gasteiger partial charge in [-0.15, -0.1) is 0 Å². The lowest BCUT2D eigenvalue weighted by Gasteiger charge is -2.35. The normalized spacial score (nSPS) is 13.8. The Morgan fingerprint density at radius 1 is 1.16 bits per heavy atom. The molecular weight excluding hydrogens is 392 g/mol. The van der Waals surface area contributed by atoms with Crippen LogP contribution in [0.3, 0.4) is 0 Å². The molecule has 1 saturated heterocycles. The first kappa shape index (κ1) is 20.3. The number of nitrogens with zero attached hydrogens (tertiary/aromatic N) is 8. The first-order valence-electron chi connectivity index (χ1n) is 10.1. The lowest BCUT2D eigenvalue weighted by atomic mass is 10.1. The summed E-state index contributed by atoms with van der Waals surface area (Å²) in [5.74, 6) is 0.878. The molecule has 1 aliphatic rings. The van der Waals surface area contributed by atoms with E-state index < -0.39 is 0 Å². The first-order valence-corrected chi connectivity index (χ1v) is 10.1. The van der Waals surface area contributed by atoms with Gasteiger partial charge in [0.25, 0.3) is 0 Å². The molecule has 3 aromatic rings. The number of hydrogen-bond donors (Lipinski definition) is 0. The fourth-order valence-corrected chi connectivity index (χ4v) is 3.99. The van der Waals surface area contributed by atoms with Gasteiger partial charge in [-0.25, -0.2) is 14.5 Å². The lowest BCUT2D eigenvalue weighted by molar-refractivity contribution is -0.131. The summed E-state index contributed by atoms with van der Waals surface area (Å²) in [4.78, 5) is 25.7. The van der Waals surface area contributed by atoms with Crippen LogP contribution in [0.4, 0.5) is 5.82 Å². The zero-order chi connectivity index (χ0) is 22.0. The van der Waals surface area contributed by atoms with E-state index in [-0.39, 0.29) is 5.91 Å². The quantitative estimate of drug-likeness (QED) is 0.639. The molecule has 156 valence electrons. The second-order valence-corrected chi connectivity index (χ2v) is 7.55. The first-order chi connectivity index (χ1) is 15.0. The molecule has 0 radical (unpaired) electrons. The molecule has 9 heteroatoms. The van der Waals surface area contributed by atoms with Crippen molar-refractivity contribution in [1.29, 1.82) is 10.5 Å². The molecule has 0 aliphatic carbocycles. The van der Waals surface area contributed by atoms with E-state index in [9.17, 15) is 10.1 Å². The van der Waals surface area contributed by atoms with Gasteiger partial charge in [-0.1, -0.05) is 0 Å². The van der Waals surface area contributed by atoms with Crippen LogP contribution in [0.15, 0.2) is 24.5 Å². The number of anilines is 1. The van der Waals surface area contributed by atoms with Crippen LogP contribution in [0, 0.1) is 36.5 Å². The van der Waals surface area contributed by atoms with E-state index in [0.717, 1.165) is 22.8 Å². The number of fused-ring (bicyclic) bond motifs is 1. The number of piperazine rings is 1. The van der Waals surface area contributed by atoms with Crippen LogP contribution in [0.1, 0.15) is 34.5 Å². The van der Waals surface area contributed by atoms with Crippen molar-refractivity contribution in [3.8, 4) is 12.1 Å². The standard InChI is InChI=1S/C22H22N8O/c1-15-19(16(2)30-22(27-15)18(13-24)14-26-30)3-4-21(31)29-9-7-28(8-10-29)20-11-17(12-23)5-6-25-20/h5-6,11,14H,3-4,7-10H2,1-2H3. The molecule has 1 fully saturated rings. The molecule has 4 heterocycles. The zero-order valence-corrected chi connectivity index (χ0v) is 17.5. The number of carbonyl (C=O) groups excluding carboxylic acids is 1. The van der Waals surface area contributed by atoms with E-state index in [2.05, 4.69) is 32.1 Å². The van der Waals surface area contributed by atoms with Gasteiger partial charge in [0.2, 0.25) is 5.91 Å². The molecule has 0 unspecified atom stereocenters. The van der Waals surface area contributed by atoms with Crippen LogP contribution >= 0.6 is 0 Å². The van der Waals surface area contributed by atoms with Gasteiger partial charge in [-0.2, -0.15) is 15.6 Å². The molecule has 31 heavy (non-hydrogen) atoms. The van der Waals surface area contributed by atoms with Crippen LogP contribution in [-0.4, -0.2) is 56.6 Å². The summed E-state index contributed by atoms with van der Waals surface area (Å²) < 4.78 is 1.67. The van der Waals surface area contributed by atoms with Gasteiger partial charge in [0, 0.05) is 50.2 Å². The topological polar surface area (TPSA) is 114 Å². The van der Waals surface area contributed by atoms with Gasteiger partial charge >= 0.3 is 0 Å². The lowest BCUT2D eigenvalue weighted by Crippen LogP contribution is -2.49. The third-order valence-corrected chi connectivity index (χ3v) is 5.75. The highest BCUT2D eigenvalue weighted by Crippen LogP contribution is 2.19. The van der Waals surface area contributed by atoms with Crippen molar-refractivity contribution < 1.29 is 4.79 Å². The van der Waals surface area contributed by atoms with Crippen LogP contribution in [0.5, 0.6) is 0 Å². The van der Waals surface area contributed by atoms with Gasteiger partial charge < -0.3 is 9.80 Å². The Morgan fingerprint density at radius 3 is 2.65 bits per heavy atom. The molecule has 1 aliphatic heterocycles. The van der Waals surface area contributed by atoms with Gasteiger partial charge in [0.1, 0.15) is 17.5 Å².